The lowest BCUT2D eigenvalue weighted by Crippen LogP contribution is -1.98. The number of nitrogens with one attached hydrogen (secondary N) is 1. The Labute approximate surface area is 107 Å². The van der Waals surface area contributed by atoms with Crippen LogP contribution in [0.25, 0.3) is 10.9 Å². The molecule has 0 unspecified atom stereocenters. The van der Waals surface area contributed by atoms with Crippen LogP contribution in [0.4, 0.5) is 5.69 Å². The topological polar surface area (TPSA) is 24.9 Å². The summed E-state index contributed by atoms with van der Waals surface area (Å²) < 4.78 is 1.08. The van der Waals surface area contributed by atoms with E-state index in [1.165, 1.54) is 0 Å². The van der Waals surface area contributed by atoms with Gasteiger partial charge in [-0.2, -0.15) is 0 Å². The Balaban J connectivity index is 2.73. The van der Waals surface area contributed by atoms with Crippen molar-refractivity contribution in [3.63, 3.8) is 0 Å². The first-order valence-corrected chi connectivity index (χ1v) is 6.15. The van der Waals surface area contributed by atoms with Crippen LogP contribution in [0.2, 0.25) is 5.02 Å². The molecule has 2 aromatic rings. The Morgan fingerprint density at radius 2 is 2.27 bits per heavy atom. The van der Waals surface area contributed by atoms with E-state index in [0.29, 0.717) is 0 Å². The first-order valence-electron chi connectivity index (χ1n) is 4.70. The molecule has 0 amide bonds. The molecule has 2 nitrogen and oxygen atoms in total. The number of nitrogens with zero attached hydrogens (tertiary/aromatic N) is 1. The zero-order valence-corrected chi connectivity index (χ0v) is 11.1. The monoisotopic (exact) mass is 332 g/mol. The summed E-state index contributed by atoms with van der Waals surface area (Å²) in [5, 5.41) is 5.13. The number of rotatable bonds is 2. The zero-order valence-electron chi connectivity index (χ0n) is 8.22. The lowest BCUT2D eigenvalue weighted by atomic mass is 10.2. The van der Waals surface area contributed by atoms with Gasteiger partial charge < -0.3 is 5.32 Å². The highest BCUT2D eigenvalue weighted by Crippen LogP contribution is 2.28. The second-order valence-corrected chi connectivity index (χ2v) is 4.77. The van der Waals surface area contributed by atoms with Crippen molar-refractivity contribution in [2.24, 2.45) is 0 Å². The van der Waals surface area contributed by atoms with Gasteiger partial charge in [-0.3, -0.25) is 4.98 Å². The predicted octanol–water partition coefficient (Wildman–Crippen LogP) is 3.92. The van der Waals surface area contributed by atoms with Gasteiger partial charge in [0.1, 0.15) is 0 Å². The standard InChI is InChI=1S/C11H10ClIN2/c1-2-14-10-3-4-15-11-8(10)5-7(12)6-9(11)13/h3-6H,2H2,1H3,(H,14,15). The first kappa shape index (κ1) is 11.0. The van der Waals surface area contributed by atoms with E-state index in [-0.39, 0.29) is 0 Å². The van der Waals surface area contributed by atoms with Crippen molar-refractivity contribution in [1.82, 2.24) is 4.98 Å². The minimum absolute atomic E-state index is 0.749. The van der Waals surface area contributed by atoms with Gasteiger partial charge in [-0.1, -0.05) is 11.6 Å². The average molecular weight is 333 g/mol. The van der Waals surface area contributed by atoms with Crippen molar-refractivity contribution in [3.8, 4) is 0 Å². The van der Waals surface area contributed by atoms with Gasteiger partial charge in [-0.25, -0.2) is 0 Å². The average Bonchev–Trinajstić information content (AvgIpc) is 2.19. The molecule has 15 heavy (non-hydrogen) atoms. The minimum atomic E-state index is 0.749. The van der Waals surface area contributed by atoms with E-state index in [1.54, 1.807) is 0 Å². The van der Waals surface area contributed by atoms with E-state index in [4.69, 9.17) is 11.6 Å². The molecule has 1 aromatic heterocycles. The largest absolute Gasteiger partial charge is 0.385 e. The molecule has 0 saturated heterocycles. The van der Waals surface area contributed by atoms with Crippen LogP contribution in [-0.4, -0.2) is 11.5 Å². The summed E-state index contributed by atoms with van der Waals surface area (Å²) in [7, 11) is 0. The normalized spacial score (nSPS) is 10.6. The molecule has 0 atom stereocenters. The van der Waals surface area contributed by atoms with E-state index in [2.05, 4.69) is 39.8 Å². The number of fused-ring (bicyclic) bond motifs is 1. The van der Waals surface area contributed by atoms with Gasteiger partial charge in [0.25, 0.3) is 0 Å². The molecule has 0 aliphatic carbocycles. The lowest BCUT2D eigenvalue weighted by molar-refractivity contribution is 1.21. The Hall–Kier alpha value is -0.550. The maximum atomic E-state index is 6.04. The number of pyridine rings is 1. The van der Waals surface area contributed by atoms with E-state index in [0.717, 1.165) is 31.7 Å². The van der Waals surface area contributed by atoms with Crippen LogP contribution in [-0.2, 0) is 0 Å². The third-order valence-corrected chi connectivity index (χ3v) is 3.17. The smallest absolute Gasteiger partial charge is 0.0857 e. The zero-order chi connectivity index (χ0) is 10.8. The second kappa shape index (κ2) is 4.53. The van der Waals surface area contributed by atoms with Gasteiger partial charge in [-0.15, -0.1) is 0 Å². The molecule has 0 aliphatic heterocycles. The van der Waals surface area contributed by atoms with Gasteiger partial charge in [0.15, 0.2) is 0 Å². The van der Waals surface area contributed by atoms with Gasteiger partial charge in [-0.05, 0) is 47.7 Å². The SMILES string of the molecule is CCNc1ccnc2c(I)cc(Cl)cc12. The fourth-order valence-corrected chi connectivity index (χ4v) is 2.69. The Bertz CT molecular complexity index is 499. The summed E-state index contributed by atoms with van der Waals surface area (Å²) in [6.07, 6.45) is 1.82. The van der Waals surface area contributed by atoms with Crippen molar-refractivity contribution >= 4 is 50.8 Å². The van der Waals surface area contributed by atoms with Crippen molar-refractivity contribution in [1.29, 1.82) is 0 Å². The van der Waals surface area contributed by atoms with Gasteiger partial charge >= 0.3 is 0 Å². The number of aromatic nitrogens is 1. The summed E-state index contributed by atoms with van der Waals surface area (Å²) in [6, 6.07) is 5.84. The predicted molar refractivity (Wildman–Crippen MR) is 73.6 cm³/mol. The summed E-state index contributed by atoms with van der Waals surface area (Å²) in [5.41, 5.74) is 2.08. The van der Waals surface area contributed by atoms with Crippen LogP contribution in [0.5, 0.6) is 0 Å². The molecule has 0 spiro atoms. The molecule has 0 bridgehead atoms. The third kappa shape index (κ3) is 2.18. The third-order valence-electron chi connectivity index (χ3n) is 2.13. The van der Waals surface area contributed by atoms with E-state index in [9.17, 15) is 0 Å². The van der Waals surface area contributed by atoms with Crippen molar-refractivity contribution in [3.05, 3.63) is 33.0 Å². The molecule has 0 fully saturated rings. The number of hydrogen-bond acceptors (Lipinski definition) is 2. The Morgan fingerprint density at radius 1 is 1.47 bits per heavy atom. The highest BCUT2D eigenvalue weighted by Gasteiger charge is 2.05. The highest BCUT2D eigenvalue weighted by molar-refractivity contribution is 14.1. The van der Waals surface area contributed by atoms with Crippen molar-refractivity contribution < 1.29 is 0 Å². The van der Waals surface area contributed by atoms with Gasteiger partial charge in [0.05, 0.1) is 5.52 Å². The molecule has 1 aromatic carbocycles. The molecule has 1 N–H and O–H groups in total. The summed E-state index contributed by atoms with van der Waals surface area (Å²) in [6.45, 7) is 2.96. The van der Waals surface area contributed by atoms with Gasteiger partial charge in [0, 0.05) is 32.4 Å². The molecule has 0 aliphatic rings. The Morgan fingerprint density at radius 3 is 3.00 bits per heavy atom. The van der Waals surface area contributed by atoms with E-state index < -0.39 is 0 Å². The minimum Gasteiger partial charge on any atom is -0.385 e. The highest BCUT2D eigenvalue weighted by atomic mass is 127. The van der Waals surface area contributed by atoms with Crippen LogP contribution in [0.1, 0.15) is 6.92 Å². The van der Waals surface area contributed by atoms with Crippen LogP contribution < -0.4 is 5.32 Å². The fraction of sp³-hybridized carbons (Fsp3) is 0.182. The van der Waals surface area contributed by atoms with Crippen LogP contribution in [0, 0.1) is 3.57 Å². The Kier molecular flexibility index (Phi) is 3.31. The molecule has 0 saturated carbocycles. The number of anilines is 1. The molecule has 78 valence electrons. The van der Waals surface area contributed by atoms with Crippen molar-refractivity contribution in [2.45, 2.75) is 6.92 Å². The maximum Gasteiger partial charge on any atom is 0.0857 e. The maximum absolute atomic E-state index is 6.04. The number of halogens is 2. The van der Waals surface area contributed by atoms with Crippen molar-refractivity contribution in [2.75, 3.05) is 11.9 Å². The lowest BCUT2D eigenvalue weighted by Gasteiger charge is -2.08. The van der Waals surface area contributed by atoms with Crippen LogP contribution in [0.15, 0.2) is 24.4 Å². The summed E-state index contributed by atoms with van der Waals surface area (Å²) in [5.74, 6) is 0. The van der Waals surface area contributed by atoms with Crippen LogP contribution in [0.3, 0.4) is 0 Å². The second-order valence-electron chi connectivity index (χ2n) is 3.17. The quantitative estimate of drug-likeness (QED) is 0.843. The summed E-state index contributed by atoms with van der Waals surface area (Å²) >= 11 is 8.29. The molecular weight excluding hydrogens is 322 g/mol. The first-order chi connectivity index (χ1) is 7.22. The number of hydrogen-bond donors (Lipinski definition) is 1. The number of benzene rings is 1. The molecular formula is C11H10ClIN2. The molecule has 4 heteroatoms. The fourth-order valence-electron chi connectivity index (χ4n) is 1.52. The molecule has 2 rings (SSSR count). The van der Waals surface area contributed by atoms with Gasteiger partial charge in [0.2, 0.25) is 0 Å². The van der Waals surface area contributed by atoms with E-state index >= 15 is 0 Å². The summed E-state index contributed by atoms with van der Waals surface area (Å²) in [4.78, 5) is 4.36. The molecule has 0 radical (unpaired) electrons. The van der Waals surface area contributed by atoms with Crippen LogP contribution >= 0.6 is 34.2 Å². The molecule has 1 heterocycles. The van der Waals surface area contributed by atoms with E-state index in [1.807, 2.05) is 24.4 Å².